The number of hydrogen-bond acceptors (Lipinski definition) is 4. The van der Waals surface area contributed by atoms with E-state index in [0.717, 1.165) is 62.1 Å². The van der Waals surface area contributed by atoms with E-state index in [4.69, 9.17) is 9.84 Å². The van der Waals surface area contributed by atoms with Gasteiger partial charge in [0.25, 0.3) is 0 Å². The van der Waals surface area contributed by atoms with Crippen LogP contribution in [0, 0.1) is 0 Å². The van der Waals surface area contributed by atoms with Gasteiger partial charge in [0, 0.05) is 25.3 Å². The lowest BCUT2D eigenvalue weighted by molar-refractivity contribution is 0.0585. The quantitative estimate of drug-likeness (QED) is 0.394. The summed E-state index contributed by atoms with van der Waals surface area (Å²) in [6, 6.07) is 17.9. The first kappa shape index (κ1) is 24.3. The van der Waals surface area contributed by atoms with Crippen molar-refractivity contribution in [2.24, 2.45) is 0 Å². The first-order valence-electron chi connectivity index (χ1n) is 12.2. The Balaban J connectivity index is 1.33. The third-order valence-electron chi connectivity index (χ3n) is 6.19. The van der Waals surface area contributed by atoms with E-state index in [9.17, 15) is 4.79 Å². The van der Waals surface area contributed by atoms with Gasteiger partial charge in [0.1, 0.15) is 6.10 Å². The van der Waals surface area contributed by atoms with Crippen LogP contribution in [0.1, 0.15) is 57.8 Å². The predicted octanol–water partition coefficient (Wildman–Crippen LogP) is 6.09. The fourth-order valence-electron chi connectivity index (χ4n) is 4.33. The molecule has 1 saturated heterocycles. The number of nitrogens with one attached hydrogen (secondary N) is 1. The molecule has 0 radical (unpaired) electrons. The maximum atomic E-state index is 12.5. The minimum Gasteiger partial charge on any atom is -0.446 e. The Labute approximate surface area is 192 Å². The lowest BCUT2D eigenvalue weighted by Gasteiger charge is -2.31. The molecule has 5 nitrogen and oxygen atoms in total. The maximum absolute atomic E-state index is 12.5. The molecule has 0 spiro atoms. The summed E-state index contributed by atoms with van der Waals surface area (Å²) in [4.78, 5) is 15.0. The van der Waals surface area contributed by atoms with Crippen molar-refractivity contribution in [1.29, 1.82) is 0 Å². The lowest BCUT2D eigenvalue weighted by Crippen LogP contribution is -2.38. The van der Waals surface area contributed by atoms with E-state index in [-0.39, 0.29) is 12.2 Å². The summed E-state index contributed by atoms with van der Waals surface area (Å²) in [5.74, 6) is 0. The van der Waals surface area contributed by atoms with Crippen molar-refractivity contribution >= 4 is 11.8 Å². The molecule has 0 atom stereocenters. The van der Waals surface area contributed by atoms with Crippen LogP contribution in [-0.2, 0) is 4.74 Å². The molecule has 2 aromatic rings. The van der Waals surface area contributed by atoms with Gasteiger partial charge in [-0.1, -0.05) is 80.6 Å². The number of likely N-dealkylation sites (tertiary alicyclic amines) is 1. The number of amides is 1. The normalized spacial score (nSPS) is 14.9. The predicted molar refractivity (Wildman–Crippen MR) is 131 cm³/mol. The molecular formula is C27H38N2O3. The van der Waals surface area contributed by atoms with E-state index in [1.165, 1.54) is 32.1 Å². The number of hydrogen-bond donors (Lipinski definition) is 2. The van der Waals surface area contributed by atoms with E-state index in [0.29, 0.717) is 6.61 Å². The number of anilines is 1. The van der Waals surface area contributed by atoms with Gasteiger partial charge in [0.05, 0.1) is 5.69 Å². The SMILES string of the molecule is O=C(Nc1ccccc1-c1ccccc1)OC1CCN(CCCCCCCCCO)CC1. The minimum absolute atomic E-state index is 0.0123. The van der Waals surface area contributed by atoms with Crippen molar-refractivity contribution in [3.63, 3.8) is 0 Å². The van der Waals surface area contributed by atoms with Gasteiger partial charge in [-0.15, -0.1) is 0 Å². The summed E-state index contributed by atoms with van der Waals surface area (Å²) in [5, 5.41) is 11.7. The summed E-state index contributed by atoms with van der Waals surface area (Å²) in [6.45, 7) is 3.45. The zero-order valence-corrected chi connectivity index (χ0v) is 19.2. The van der Waals surface area contributed by atoms with Crippen molar-refractivity contribution in [2.45, 2.75) is 63.9 Å². The summed E-state index contributed by atoms with van der Waals surface area (Å²) in [6.07, 6.45) is 9.82. The highest BCUT2D eigenvalue weighted by molar-refractivity contribution is 5.91. The van der Waals surface area contributed by atoms with E-state index in [2.05, 4.69) is 10.2 Å². The highest BCUT2D eigenvalue weighted by atomic mass is 16.6. The van der Waals surface area contributed by atoms with Gasteiger partial charge < -0.3 is 14.7 Å². The van der Waals surface area contributed by atoms with Crippen LogP contribution >= 0.6 is 0 Å². The van der Waals surface area contributed by atoms with Crippen molar-refractivity contribution in [2.75, 3.05) is 31.6 Å². The molecule has 0 unspecified atom stereocenters. The van der Waals surface area contributed by atoms with Gasteiger partial charge in [0.15, 0.2) is 0 Å². The van der Waals surface area contributed by atoms with E-state index in [1.54, 1.807) is 0 Å². The number of carbonyl (C=O) groups excluding carboxylic acids is 1. The average Bonchev–Trinajstić information content (AvgIpc) is 2.83. The molecule has 1 heterocycles. The first-order valence-corrected chi connectivity index (χ1v) is 12.2. The number of unbranched alkanes of at least 4 members (excludes halogenated alkanes) is 6. The number of nitrogens with zero attached hydrogens (tertiary/aromatic N) is 1. The Morgan fingerprint density at radius 1 is 0.875 bits per heavy atom. The molecule has 1 aliphatic rings. The largest absolute Gasteiger partial charge is 0.446 e. The molecular weight excluding hydrogens is 400 g/mol. The van der Waals surface area contributed by atoms with Crippen LogP contribution in [0.3, 0.4) is 0 Å². The Bertz CT molecular complexity index is 788. The molecule has 32 heavy (non-hydrogen) atoms. The fourth-order valence-corrected chi connectivity index (χ4v) is 4.33. The topological polar surface area (TPSA) is 61.8 Å². The molecule has 5 heteroatoms. The number of piperidine rings is 1. The van der Waals surface area contributed by atoms with Crippen LogP contribution in [0.15, 0.2) is 54.6 Å². The Morgan fingerprint density at radius 2 is 1.50 bits per heavy atom. The third kappa shape index (κ3) is 8.29. The van der Waals surface area contributed by atoms with Gasteiger partial charge >= 0.3 is 6.09 Å². The maximum Gasteiger partial charge on any atom is 0.411 e. The monoisotopic (exact) mass is 438 g/mol. The van der Waals surface area contributed by atoms with Gasteiger partial charge in [0.2, 0.25) is 0 Å². The summed E-state index contributed by atoms with van der Waals surface area (Å²) in [7, 11) is 0. The first-order chi connectivity index (χ1) is 15.8. The van der Waals surface area contributed by atoms with E-state index >= 15 is 0 Å². The Hall–Kier alpha value is -2.37. The van der Waals surface area contributed by atoms with Crippen LogP contribution in [0.4, 0.5) is 10.5 Å². The summed E-state index contributed by atoms with van der Waals surface area (Å²) < 4.78 is 5.73. The number of para-hydroxylation sites is 1. The third-order valence-corrected chi connectivity index (χ3v) is 6.19. The number of ether oxygens (including phenoxy) is 1. The number of rotatable bonds is 12. The summed E-state index contributed by atoms with van der Waals surface area (Å²) >= 11 is 0. The van der Waals surface area contributed by atoms with Crippen LogP contribution in [-0.4, -0.2) is 48.4 Å². The Kier molecular flexibility index (Phi) is 10.6. The van der Waals surface area contributed by atoms with Gasteiger partial charge in [-0.2, -0.15) is 0 Å². The molecule has 0 bridgehead atoms. The Morgan fingerprint density at radius 3 is 2.22 bits per heavy atom. The number of aliphatic hydroxyl groups is 1. The van der Waals surface area contributed by atoms with Gasteiger partial charge in [-0.05, 0) is 43.9 Å². The lowest BCUT2D eigenvalue weighted by atomic mass is 10.0. The van der Waals surface area contributed by atoms with Gasteiger partial charge in [-0.25, -0.2) is 4.79 Å². The molecule has 1 fully saturated rings. The molecule has 0 aliphatic carbocycles. The molecule has 3 rings (SSSR count). The second-order valence-electron chi connectivity index (χ2n) is 8.68. The second-order valence-corrected chi connectivity index (χ2v) is 8.68. The smallest absolute Gasteiger partial charge is 0.411 e. The number of benzene rings is 2. The van der Waals surface area contributed by atoms with E-state index in [1.807, 2.05) is 54.6 Å². The minimum atomic E-state index is -0.368. The molecule has 1 amide bonds. The molecule has 2 aromatic carbocycles. The standard InChI is InChI=1S/C27H38N2O3/c30-22-12-5-3-1-2-4-11-19-29-20-17-24(18-21-29)32-27(31)28-26-16-10-9-15-25(26)23-13-7-6-8-14-23/h6-10,13-16,24,30H,1-5,11-12,17-22H2,(H,28,31). The van der Waals surface area contributed by atoms with Crippen molar-refractivity contribution < 1.29 is 14.6 Å². The molecule has 2 N–H and O–H groups in total. The molecule has 0 aromatic heterocycles. The average molecular weight is 439 g/mol. The molecule has 174 valence electrons. The number of aliphatic hydroxyl groups excluding tert-OH is 1. The van der Waals surface area contributed by atoms with Crippen LogP contribution in [0.2, 0.25) is 0 Å². The number of carbonyl (C=O) groups is 1. The highest BCUT2D eigenvalue weighted by Crippen LogP contribution is 2.28. The van der Waals surface area contributed by atoms with Crippen LogP contribution in [0.5, 0.6) is 0 Å². The van der Waals surface area contributed by atoms with Crippen molar-refractivity contribution in [3.05, 3.63) is 54.6 Å². The van der Waals surface area contributed by atoms with Crippen molar-refractivity contribution in [1.82, 2.24) is 4.90 Å². The molecule has 0 saturated carbocycles. The molecule has 1 aliphatic heterocycles. The summed E-state index contributed by atoms with van der Waals surface area (Å²) in [5.41, 5.74) is 2.84. The van der Waals surface area contributed by atoms with Crippen LogP contribution < -0.4 is 5.32 Å². The zero-order valence-electron chi connectivity index (χ0n) is 19.2. The second kappa shape index (κ2) is 13.9. The van der Waals surface area contributed by atoms with Gasteiger partial charge in [-0.3, -0.25) is 5.32 Å². The van der Waals surface area contributed by atoms with E-state index < -0.39 is 0 Å². The van der Waals surface area contributed by atoms with Crippen molar-refractivity contribution in [3.8, 4) is 11.1 Å². The van der Waals surface area contributed by atoms with Crippen LogP contribution in [0.25, 0.3) is 11.1 Å². The fraction of sp³-hybridized carbons (Fsp3) is 0.519. The zero-order chi connectivity index (χ0) is 22.4. The highest BCUT2D eigenvalue weighted by Gasteiger charge is 2.22.